The molecule has 3 N–H and O–H groups in total. The molecule has 2 nitrogen and oxygen atoms in total. The van der Waals surface area contributed by atoms with Crippen molar-refractivity contribution in [1.82, 2.24) is 5.43 Å². The summed E-state index contributed by atoms with van der Waals surface area (Å²) in [6.07, 6.45) is 0.904. The standard InChI is InChI=1S/C14H13BrN2S2/c15-10-5-6-18-13(10)8-11(17-16)14-7-9-3-1-2-4-12(9)19-14/h1-7,11,17H,8,16H2. The lowest BCUT2D eigenvalue weighted by Crippen LogP contribution is -2.28. The summed E-state index contributed by atoms with van der Waals surface area (Å²) in [6.45, 7) is 0. The van der Waals surface area contributed by atoms with Crippen LogP contribution in [-0.2, 0) is 6.42 Å². The van der Waals surface area contributed by atoms with E-state index in [9.17, 15) is 0 Å². The van der Waals surface area contributed by atoms with Crippen LogP contribution < -0.4 is 11.3 Å². The molecule has 98 valence electrons. The van der Waals surface area contributed by atoms with Gasteiger partial charge in [-0.05, 0) is 44.9 Å². The van der Waals surface area contributed by atoms with Gasteiger partial charge in [0.15, 0.2) is 0 Å². The lowest BCUT2D eigenvalue weighted by Gasteiger charge is -2.13. The number of nitrogens with one attached hydrogen (secondary N) is 1. The number of hydrazine groups is 1. The Morgan fingerprint density at radius 1 is 1.26 bits per heavy atom. The Bertz CT molecular complexity index is 656. The topological polar surface area (TPSA) is 38.0 Å². The van der Waals surface area contributed by atoms with Gasteiger partial charge < -0.3 is 0 Å². The molecular formula is C14H13BrN2S2. The number of thiophene rings is 2. The van der Waals surface area contributed by atoms with Gasteiger partial charge in [-0.2, -0.15) is 0 Å². The molecule has 0 amide bonds. The van der Waals surface area contributed by atoms with Crippen molar-refractivity contribution in [2.24, 2.45) is 5.84 Å². The molecule has 0 bridgehead atoms. The fourth-order valence-electron chi connectivity index (χ4n) is 2.07. The summed E-state index contributed by atoms with van der Waals surface area (Å²) in [4.78, 5) is 2.60. The third-order valence-electron chi connectivity index (χ3n) is 3.07. The Morgan fingerprint density at radius 2 is 2.11 bits per heavy atom. The van der Waals surface area contributed by atoms with Crippen molar-refractivity contribution in [2.75, 3.05) is 0 Å². The molecule has 3 aromatic rings. The molecule has 0 saturated carbocycles. The van der Waals surface area contributed by atoms with Crippen LogP contribution in [0.1, 0.15) is 15.8 Å². The van der Waals surface area contributed by atoms with Crippen LogP contribution in [0.5, 0.6) is 0 Å². The van der Waals surface area contributed by atoms with Gasteiger partial charge in [-0.1, -0.05) is 18.2 Å². The molecule has 2 heterocycles. The minimum Gasteiger partial charge on any atom is -0.271 e. The van der Waals surface area contributed by atoms with Crippen molar-refractivity contribution in [1.29, 1.82) is 0 Å². The van der Waals surface area contributed by atoms with Gasteiger partial charge >= 0.3 is 0 Å². The summed E-state index contributed by atoms with van der Waals surface area (Å²) < 4.78 is 2.47. The lowest BCUT2D eigenvalue weighted by molar-refractivity contribution is 0.564. The van der Waals surface area contributed by atoms with Crippen LogP contribution in [0.4, 0.5) is 0 Å². The lowest BCUT2D eigenvalue weighted by atomic mass is 10.1. The zero-order chi connectivity index (χ0) is 13.2. The van der Waals surface area contributed by atoms with Gasteiger partial charge in [-0.3, -0.25) is 11.3 Å². The highest BCUT2D eigenvalue weighted by Crippen LogP contribution is 2.33. The van der Waals surface area contributed by atoms with Crippen LogP contribution in [-0.4, -0.2) is 0 Å². The number of rotatable bonds is 4. The summed E-state index contributed by atoms with van der Waals surface area (Å²) in [5, 5.41) is 3.38. The molecule has 1 atom stereocenters. The highest BCUT2D eigenvalue weighted by atomic mass is 79.9. The Labute approximate surface area is 128 Å². The van der Waals surface area contributed by atoms with Crippen LogP contribution >= 0.6 is 38.6 Å². The second kappa shape index (κ2) is 5.73. The molecule has 1 unspecified atom stereocenters. The minimum absolute atomic E-state index is 0.160. The average Bonchev–Trinajstić information content (AvgIpc) is 3.02. The molecular weight excluding hydrogens is 340 g/mol. The molecule has 2 aromatic heterocycles. The van der Waals surface area contributed by atoms with E-state index in [0.717, 1.165) is 6.42 Å². The van der Waals surface area contributed by atoms with E-state index in [4.69, 9.17) is 5.84 Å². The van der Waals surface area contributed by atoms with Crippen LogP contribution in [0.25, 0.3) is 10.1 Å². The molecule has 0 fully saturated rings. The van der Waals surface area contributed by atoms with Crippen LogP contribution in [0.2, 0.25) is 0 Å². The van der Waals surface area contributed by atoms with Gasteiger partial charge in [-0.25, -0.2) is 0 Å². The Kier molecular flexibility index (Phi) is 4.00. The maximum absolute atomic E-state index is 5.74. The smallest absolute Gasteiger partial charge is 0.0602 e. The second-order valence-electron chi connectivity index (χ2n) is 4.30. The van der Waals surface area contributed by atoms with E-state index in [1.807, 2.05) is 0 Å². The summed E-state index contributed by atoms with van der Waals surface area (Å²) in [5.74, 6) is 5.74. The fraction of sp³-hybridized carbons (Fsp3) is 0.143. The van der Waals surface area contributed by atoms with Gasteiger partial charge in [0.25, 0.3) is 0 Å². The Morgan fingerprint density at radius 3 is 2.79 bits per heavy atom. The minimum atomic E-state index is 0.160. The van der Waals surface area contributed by atoms with E-state index in [2.05, 4.69) is 63.1 Å². The fourth-order valence-corrected chi connectivity index (χ4v) is 4.76. The van der Waals surface area contributed by atoms with Gasteiger partial charge in [0.1, 0.15) is 0 Å². The molecule has 0 saturated heterocycles. The molecule has 3 rings (SSSR count). The zero-order valence-corrected chi connectivity index (χ0v) is 13.3. The first-order chi connectivity index (χ1) is 9.28. The Balaban J connectivity index is 1.91. The van der Waals surface area contributed by atoms with Crippen molar-refractivity contribution in [3.05, 3.63) is 56.0 Å². The molecule has 1 aromatic carbocycles. The quantitative estimate of drug-likeness (QED) is 0.536. The Hall–Kier alpha value is -0.720. The summed E-state index contributed by atoms with van der Waals surface area (Å²) in [5.41, 5.74) is 2.94. The zero-order valence-electron chi connectivity index (χ0n) is 10.1. The maximum atomic E-state index is 5.74. The van der Waals surface area contributed by atoms with Crippen molar-refractivity contribution < 1.29 is 0 Å². The second-order valence-corrected chi connectivity index (χ2v) is 7.27. The van der Waals surface area contributed by atoms with Crippen LogP contribution in [0.3, 0.4) is 0 Å². The van der Waals surface area contributed by atoms with Crippen LogP contribution in [0, 0.1) is 0 Å². The first-order valence-corrected chi connectivity index (χ1v) is 8.43. The van der Waals surface area contributed by atoms with E-state index < -0.39 is 0 Å². The molecule has 19 heavy (non-hydrogen) atoms. The van der Waals surface area contributed by atoms with Crippen molar-refractivity contribution in [2.45, 2.75) is 12.5 Å². The number of benzene rings is 1. The van der Waals surface area contributed by atoms with E-state index in [1.165, 1.54) is 24.3 Å². The highest BCUT2D eigenvalue weighted by Gasteiger charge is 2.15. The predicted octanol–water partition coefficient (Wildman–Crippen LogP) is 4.47. The first-order valence-electron chi connectivity index (χ1n) is 5.94. The van der Waals surface area contributed by atoms with Gasteiger partial charge in [0, 0.05) is 25.3 Å². The number of hydrogen-bond donors (Lipinski definition) is 2. The number of halogens is 1. The highest BCUT2D eigenvalue weighted by molar-refractivity contribution is 9.10. The first kappa shape index (κ1) is 13.3. The van der Waals surface area contributed by atoms with Crippen molar-refractivity contribution in [3.8, 4) is 0 Å². The summed E-state index contributed by atoms with van der Waals surface area (Å²) in [6, 6.07) is 12.9. The molecule has 0 aliphatic rings. The summed E-state index contributed by atoms with van der Waals surface area (Å²) in [7, 11) is 0. The molecule has 0 radical (unpaired) electrons. The number of hydrogen-bond acceptors (Lipinski definition) is 4. The normalized spacial score (nSPS) is 12.9. The maximum Gasteiger partial charge on any atom is 0.0602 e. The van der Waals surface area contributed by atoms with Crippen molar-refractivity contribution in [3.63, 3.8) is 0 Å². The molecule has 0 aliphatic carbocycles. The summed E-state index contributed by atoms with van der Waals surface area (Å²) >= 11 is 7.14. The van der Waals surface area contributed by atoms with E-state index in [0.29, 0.717) is 0 Å². The van der Waals surface area contributed by atoms with Gasteiger partial charge in [0.2, 0.25) is 0 Å². The van der Waals surface area contributed by atoms with Crippen LogP contribution in [0.15, 0.2) is 46.3 Å². The molecule has 0 aliphatic heterocycles. The van der Waals surface area contributed by atoms with Gasteiger partial charge in [-0.15, -0.1) is 22.7 Å². The largest absolute Gasteiger partial charge is 0.271 e. The number of fused-ring (bicyclic) bond motifs is 1. The monoisotopic (exact) mass is 352 g/mol. The number of nitrogens with two attached hydrogens (primary N) is 1. The molecule has 5 heteroatoms. The van der Waals surface area contributed by atoms with E-state index in [-0.39, 0.29) is 6.04 Å². The van der Waals surface area contributed by atoms with E-state index >= 15 is 0 Å². The van der Waals surface area contributed by atoms with Crippen molar-refractivity contribution >= 4 is 48.7 Å². The third kappa shape index (κ3) is 2.75. The van der Waals surface area contributed by atoms with E-state index in [1.54, 1.807) is 22.7 Å². The van der Waals surface area contributed by atoms with Gasteiger partial charge in [0.05, 0.1) is 6.04 Å². The molecule has 0 spiro atoms. The third-order valence-corrected chi connectivity index (χ3v) is 6.25. The average molecular weight is 353 g/mol. The predicted molar refractivity (Wildman–Crippen MR) is 87.6 cm³/mol. The SMILES string of the molecule is NNC(Cc1sccc1Br)c1cc2ccccc2s1.